The number of carbonyl (C=O) groups is 1. The van der Waals surface area contributed by atoms with E-state index in [1.807, 2.05) is 18.2 Å². The van der Waals surface area contributed by atoms with Crippen molar-refractivity contribution in [3.63, 3.8) is 0 Å². The molecular formula is C12H10N2O2S. The van der Waals surface area contributed by atoms with E-state index in [-0.39, 0.29) is 0 Å². The number of nitrogens with zero attached hydrogens (tertiary/aromatic N) is 2. The zero-order chi connectivity index (χ0) is 12.1. The van der Waals surface area contributed by atoms with Gasteiger partial charge in [-0.05, 0) is 5.56 Å². The number of aromatic nitrogens is 2. The molecule has 2 aromatic rings. The number of hydrogen-bond donors (Lipinski definition) is 1. The Labute approximate surface area is 103 Å². The summed E-state index contributed by atoms with van der Waals surface area (Å²) in [6.45, 7) is 0. The fraction of sp³-hybridized carbons (Fsp3) is 0.0833. The van der Waals surface area contributed by atoms with Gasteiger partial charge in [-0.3, -0.25) is 9.78 Å². The molecule has 1 N–H and O–H groups in total. The van der Waals surface area contributed by atoms with Crippen molar-refractivity contribution in [2.45, 2.75) is 10.3 Å². The van der Waals surface area contributed by atoms with Crippen LogP contribution >= 0.6 is 11.8 Å². The van der Waals surface area contributed by atoms with Gasteiger partial charge in [-0.2, -0.15) is 0 Å². The largest absolute Gasteiger partial charge is 0.480 e. The Bertz CT molecular complexity index is 490. The van der Waals surface area contributed by atoms with E-state index >= 15 is 0 Å². The van der Waals surface area contributed by atoms with Crippen LogP contribution in [0, 0.1) is 0 Å². The Morgan fingerprint density at radius 3 is 2.59 bits per heavy atom. The van der Waals surface area contributed by atoms with Crippen molar-refractivity contribution in [2.24, 2.45) is 0 Å². The van der Waals surface area contributed by atoms with Gasteiger partial charge in [0, 0.05) is 12.4 Å². The maximum atomic E-state index is 11.2. The zero-order valence-electron chi connectivity index (χ0n) is 8.85. The molecule has 0 aliphatic rings. The van der Waals surface area contributed by atoms with Gasteiger partial charge in [-0.15, -0.1) is 0 Å². The molecule has 0 fully saturated rings. The van der Waals surface area contributed by atoms with Crippen LogP contribution in [0.15, 0.2) is 53.9 Å². The van der Waals surface area contributed by atoms with E-state index < -0.39 is 11.2 Å². The molecule has 0 aliphatic carbocycles. The van der Waals surface area contributed by atoms with Crippen LogP contribution in [0.5, 0.6) is 0 Å². The molecule has 17 heavy (non-hydrogen) atoms. The second kappa shape index (κ2) is 5.45. The summed E-state index contributed by atoms with van der Waals surface area (Å²) in [7, 11) is 0. The Morgan fingerprint density at radius 2 is 2.00 bits per heavy atom. The van der Waals surface area contributed by atoms with Crippen LogP contribution in [-0.4, -0.2) is 21.0 Å². The van der Waals surface area contributed by atoms with Crippen LogP contribution in [0.1, 0.15) is 10.8 Å². The molecule has 1 aromatic carbocycles. The molecule has 1 atom stereocenters. The predicted octanol–water partition coefficient (Wildman–Crippen LogP) is 2.39. The highest BCUT2D eigenvalue weighted by Crippen LogP contribution is 2.33. The standard InChI is InChI=1S/C12H10N2O2S/c15-12(16)11(9-4-2-1-3-5-9)17-10-8-13-6-7-14-10/h1-8,11H,(H,15,16). The topological polar surface area (TPSA) is 63.1 Å². The average molecular weight is 246 g/mol. The van der Waals surface area contributed by atoms with Gasteiger partial charge in [0.15, 0.2) is 0 Å². The molecule has 0 bridgehead atoms. The highest BCUT2D eigenvalue weighted by molar-refractivity contribution is 8.00. The summed E-state index contributed by atoms with van der Waals surface area (Å²) in [6.07, 6.45) is 4.66. The molecule has 4 nitrogen and oxygen atoms in total. The highest BCUT2D eigenvalue weighted by atomic mass is 32.2. The lowest BCUT2D eigenvalue weighted by Gasteiger charge is -2.11. The zero-order valence-corrected chi connectivity index (χ0v) is 9.67. The number of benzene rings is 1. The van der Waals surface area contributed by atoms with Crippen molar-refractivity contribution >= 4 is 17.7 Å². The summed E-state index contributed by atoms with van der Waals surface area (Å²) in [5, 5.41) is 9.16. The first kappa shape index (κ1) is 11.6. The van der Waals surface area contributed by atoms with Crippen LogP contribution in [0.3, 0.4) is 0 Å². The Hall–Kier alpha value is -1.88. The van der Waals surface area contributed by atoms with E-state index in [0.29, 0.717) is 5.03 Å². The third-order valence-corrected chi connectivity index (χ3v) is 3.27. The first-order valence-corrected chi connectivity index (χ1v) is 5.86. The third-order valence-electron chi connectivity index (χ3n) is 2.10. The highest BCUT2D eigenvalue weighted by Gasteiger charge is 2.21. The maximum absolute atomic E-state index is 11.2. The number of aliphatic carboxylic acids is 1. The minimum Gasteiger partial charge on any atom is -0.480 e. The van der Waals surface area contributed by atoms with E-state index in [9.17, 15) is 9.90 Å². The van der Waals surface area contributed by atoms with Crippen molar-refractivity contribution in [3.8, 4) is 0 Å². The van der Waals surface area contributed by atoms with E-state index in [4.69, 9.17) is 0 Å². The SMILES string of the molecule is O=C(O)C(Sc1cnccn1)c1ccccc1. The maximum Gasteiger partial charge on any atom is 0.321 e. The number of hydrogen-bond acceptors (Lipinski definition) is 4. The number of carboxylic acid groups (broad SMARTS) is 1. The Balaban J connectivity index is 2.23. The average Bonchev–Trinajstić information content (AvgIpc) is 2.38. The van der Waals surface area contributed by atoms with E-state index in [1.54, 1.807) is 30.7 Å². The molecule has 1 heterocycles. The van der Waals surface area contributed by atoms with Crippen LogP contribution < -0.4 is 0 Å². The van der Waals surface area contributed by atoms with E-state index in [2.05, 4.69) is 9.97 Å². The minimum absolute atomic E-state index is 0.601. The lowest BCUT2D eigenvalue weighted by molar-refractivity contribution is -0.136. The summed E-state index contributed by atoms with van der Waals surface area (Å²) < 4.78 is 0. The van der Waals surface area contributed by atoms with Crippen molar-refractivity contribution in [3.05, 3.63) is 54.5 Å². The summed E-state index contributed by atoms with van der Waals surface area (Å²) in [5.74, 6) is -0.883. The van der Waals surface area contributed by atoms with Crippen LogP contribution in [0.25, 0.3) is 0 Å². The molecular weight excluding hydrogens is 236 g/mol. The minimum atomic E-state index is -0.883. The smallest absolute Gasteiger partial charge is 0.321 e. The molecule has 0 saturated carbocycles. The van der Waals surface area contributed by atoms with E-state index in [1.165, 1.54) is 11.8 Å². The number of rotatable bonds is 4. The molecule has 0 saturated heterocycles. The normalized spacial score (nSPS) is 12.0. The lowest BCUT2D eigenvalue weighted by atomic mass is 10.1. The van der Waals surface area contributed by atoms with Gasteiger partial charge in [0.2, 0.25) is 0 Å². The second-order valence-corrected chi connectivity index (χ2v) is 4.42. The fourth-order valence-corrected chi connectivity index (χ4v) is 2.23. The van der Waals surface area contributed by atoms with Gasteiger partial charge in [-0.1, -0.05) is 42.1 Å². The monoisotopic (exact) mass is 246 g/mol. The molecule has 0 aliphatic heterocycles. The Kier molecular flexibility index (Phi) is 3.72. The molecule has 5 heteroatoms. The van der Waals surface area contributed by atoms with Crippen LogP contribution in [-0.2, 0) is 4.79 Å². The van der Waals surface area contributed by atoms with Crippen LogP contribution in [0.4, 0.5) is 0 Å². The molecule has 1 aromatic heterocycles. The quantitative estimate of drug-likeness (QED) is 0.839. The van der Waals surface area contributed by atoms with Crippen molar-refractivity contribution in [2.75, 3.05) is 0 Å². The first-order valence-electron chi connectivity index (χ1n) is 4.98. The van der Waals surface area contributed by atoms with Gasteiger partial charge in [0.25, 0.3) is 0 Å². The van der Waals surface area contributed by atoms with Gasteiger partial charge < -0.3 is 5.11 Å². The number of thioether (sulfide) groups is 1. The molecule has 1 unspecified atom stereocenters. The third kappa shape index (κ3) is 3.04. The first-order chi connectivity index (χ1) is 8.27. The Morgan fingerprint density at radius 1 is 1.24 bits per heavy atom. The van der Waals surface area contributed by atoms with Gasteiger partial charge in [-0.25, -0.2) is 4.98 Å². The predicted molar refractivity (Wildman–Crippen MR) is 64.7 cm³/mol. The number of carboxylic acids is 1. The van der Waals surface area contributed by atoms with Gasteiger partial charge >= 0.3 is 5.97 Å². The van der Waals surface area contributed by atoms with Crippen molar-refractivity contribution < 1.29 is 9.90 Å². The molecule has 0 amide bonds. The molecule has 0 spiro atoms. The summed E-state index contributed by atoms with van der Waals surface area (Å²) in [5.41, 5.74) is 0.746. The lowest BCUT2D eigenvalue weighted by Crippen LogP contribution is -2.08. The van der Waals surface area contributed by atoms with Gasteiger partial charge in [0.05, 0.1) is 6.20 Å². The van der Waals surface area contributed by atoms with Gasteiger partial charge in [0.1, 0.15) is 10.3 Å². The van der Waals surface area contributed by atoms with E-state index in [0.717, 1.165) is 5.56 Å². The molecule has 2 rings (SSSR count). The molecule has 86 valence electrons. The van der Waals surface area contributed by atoms with Crippen molar-refractivity contribution in [1.82, 2.24) is 9.97 Å². The molecule has 0 radical (unpaired) electrons. The second-order valence-electron chi connectivity index (χ2n) is 3.29. The van der Waals surface area contributed by atoms with Crippen molar-refractivity contribution in [1.29, 1.82) is 0 Å². The summed E-state index contributed by atoms with van der Waals surface area (Å²) in [4.78, 5) is 19.2. The summed E-state index contributed by atoms with van der Waals surface area (Å²) in [6, 6.07) is 9.09. The summed E-state index contributed by atoms with van der Waals surface area (Å²) >= 11 is 1.18. The fourth-order valence-electron chi connectivity index (χ4n) is 1.36. The van der Waals surface area contributed by atoms with Crippen LogP contribution in [0.2, 0.25) is 0 Å².